The fraction of sp³-hybridized carbons (Fsp3) is 0.632. The van der Waals surface area contributed by atoms with Crippen LogP contribution in [0.5, 0.6) is 0 Å². The second-order valence-corrected chi connectivity index (χ2v) is 13.2. The van der Waals surface area contributed by atoms with Crippen molar-refractivity contribution >= 4 is 5.97 Å². The van der Waals surface area contributed by atoms with Gasteiger partial charge in [-0.15, -0.1) is 0 Å². The number of nitrogens with zero attached hydrogens (tertiary/aromatic N) is 1. The van der Waals surface area contributed by atoms with E-state index >= 15 is 0 Å². The highest BCUT2D eigenvalue weighted by molar-refractivity contribution is 5.90. The lowest BCUT2D eigenvalue weighted by molar-refractivity contribution is 0.0483. The predicted molar refractivity (Wildman–Crippen MR) is 172 cm³/mol. The summed E-state index contributed by atoms with van der Waals surface area (Å²) in [7, 11) is 0. The van der Waals surface area contributed by atoms with Gasteiger partial charge < -0.3 is 4.74 Å². The van der Waals surface area contributed by atoms with Crippen LogP contribution < -0.4 is 0 Å². The van der Waals surface area contributed by atoms with Crippen LogP contribution >= 0.6 is 0 Å². The van der Waals surface area contributed by atoms with Gasteiger partial charge in [-0.25, -0.2) is 4.79 Å². The molecule has 0 amide bonds. The van der Waals surface area contributed by atoms with E-state index in [0.29, 0.717) is 24.0 Å². The number of ether oxygens (including phenoxy) is 1. The minimum Gasteiger partial charge on any atom is -0.462 e. The number of carbonyl (C=O) groups excluding carboxylic acids is 1. The van der Waals surface area contributed by atoms with Crippen LogP contribution in [0, 0.1) is 28.6 Å². The number of hydrogen-bond acceptors (Lipinski definition) is 3. The lowest BCUT2D eigenvalue weighted by atomic mass is 9.67. The van der Waals surface area contributed by atoms with Gasteiger partial charge in [-0.2, -0.15) is 5.26 Å². The molecule has 0 radical (unpaired) electrons. The molecule has 2 aromatic carbocycles. The van der Waals surface area contributed by atoms with E-state index in [0.717, 1.165) is 55.6 Å². The molecule has 1 aliphatic rings. The van der Waals surface area contributed by atoms with Crippen LogP contribution in [0.25, 0.3) is 11.1 Å². The summed E-state index contributed by atoms with van der Waals surface area (Å²) in [6.45, 7) is 9.52. The molecule has 0 bridgehead atoms. The third kappa shape index (κ3) is 11.0. The van der Waals surface area contributed by atoms with Crippen LogP contribution in [0.1, 0.15) is 146 Å². The smallest absolute Gasteiger partial charge is 0.338 e. The van der Waals surface area contributed by atoms with Crippen LogP contribution in [0.2, 0.25) is 0 Å². The van der Waals surface area contributed by atoms with Gasteiger partial charge in [0, 0.05) is 0 Å². The third-order valence-electron chi connectivity index (χ3n) is 9.35. The summed E-state index contributed by atoms with van der Waals surface area (Å²) in [5.41, 5.74) is 4.17. The highest BCUT2D eigenvalue weighted by atomic mass is 16.5. The number of nitriles is 1. The van der Waals surface area contributed by atoms with Gasteiger partial charge in [0.05, 0.1) is 23.7 Å². The van der Waals surface area contributed by atoms with Gasteiger partial charge >= 0.3 is 5.97 Å². The molecule has 0 aromatic heterocycles. The maximum Gasteiger partial charge on any atom is 0.338 e. The van der Waals surface area contributed by atoms with Crippen molar-refractivity contribution in [2.24, 2.45) is 17.3 Å². The molecule has 0 aliphatic heterocycles. The van der Waals surface area contributed by atoms with Crippen LogP contribution in [-0.2, 0) is 4.74 Å². The number of carbonyl (C=O) groups is 1. The number of benzene rings is 2. The van der Waals surface area contributed by atoms with Gasteiger partial charge in [0.15, 0.2) is 0 Å². The van der Waals surface area contributed by atoms with E-state index in [1.54, 1.807) is 0 Å². The molecule has 0 N–H and O–H groups in total. The zero-order chi connectivity index (χ0) is 29.5. The Bertz CT molecular complexity index is 1050. The van der Waals surface area contributed by atoms with E-state index in [1.165, 1.54) is 63.4 Å². The molecule has 2 aromatic rings. The summed E-state index contributed by atoms with van der Waals surface area (Å²) in [6, 6.07) is 19.4. The second kappa shape index (κ2) is 17.4. The Morgan fingerprint density at radius 1 is 0.854 bits per heavy atom. The van der Waals surface area contributed by atoms with Gasteiger partial charge in [0.1, 0.15) is 0 Å². The first-order valence-electron chi connectivity index (χ1n) is 16.6. The molecule has 224 valence electrons. The molecule has 3 rings (SSSR count). The first-order chi connectivity index (χ1) is 19.9. The van der Waals surface area contributed by atoms with Crippen molar-refractivity contribution in [2.75, 3.05) is 6.61 Å². The Kier molecular flexibility index (Phi) is 13.9. The summed E-state index contributed by atoms with van der Waals surface area (Å²) in [6.07, 6.45) is 17.7. The molecule has 3 heteroatoms. The SMILES string of the molecule is CCCCCCCC[C@]1(C#N)CC[C@H](c2ccc(-c3ccc(C(=O)OCC[C@H](C)CCCC(C)C)cc3)cc2)CC1. The minimum atomic E-state index is -0.233. The fourth-order valence-electron chi connectivity index (χ4n) is 6.37. The Morgan fingerprint density at radius 2 is 1.46 bits per heavy atom. The minimum absolute atomic E-state index is 0.101. The predicted octanol–water partition coefficient (Wildman–Crippen LogP) is 11.3. The number of rotatable bonds is 17. The van der Waals surface area contributed by atoms with Gasteiger partial charge in [0.2, 0.25) is 0 Å². The van der Waals surface area contributed by atoms with Gasteiger partial charge in [-0.1, -0.05) is 122 Å². The van der Waals surface area contributed by atoms with E-state index in [9.17, 15) is 10.1 Å². The lowest BCUT2D eigenvalue weighted by Crippen LogP contribution is -2.25. The van der Waals surface area contributed by atoms with E-state index in [4.69, 9.17) is 4.74 Å². The Hall–Kier alpha value is -2.60. The zero-order valence-electron chi connectivity index (χ0n) is 26.4. The zero-order valence-corrected chi connectivity index (χ0v) is 26.4. The van der Waals surface area contributed by atoms with E-state index < -0.39 is 0 Å². The quantitative estimate of drug-likeness (QED) is 0.143. The summed E-state index contributed by atoms with van der Waals surface area (Å²) in [5, 5.41) is 9.98. The van der Waals surface area contributed by atoms with Crippen LogP contribution in [0.3, 0.4) is 0 Å². The Balaban J connectivity index is 1.43. The van der Waals surface area contributed by atoms with Gasteiger partial charge in [-0.3, -0.25) is 0 Å². The standard InChI is InChI=1S/C38H55NO2/c1-5-6-7-8-9-10-25-38(29-39)26-22-35(23-27-38)34-16-14-32(15-17-34)33-18-20-36(21-19-33)37(40)41-28-24-31(4)13-11-12-30(2)3/h14-21,30-31,35H,5-13,22-28H2,1-4H3/t31-,35-,38-/m1/s1. The van der Waals surface area contributed by atoms with E-state index in [1.807, 2.05) is 24.3 Å². The van der Waals surface area contributed by atoms with E-state index in [-0.39, 0.29) is 11.4 Å². The molecule has 1 aliphatic carbocycles. The van der Waals surface area contributed by atoms with Crippen molar-refractivity contribution in [1.29, 1.82) is 5.26 Å². The molecule has 41 heavy (non-hydrogen) atoms. The van der Waals surface area contributed by atoms with Gasteiger partial charge in [0.25, 0.3) is 0 Å². The second-order valence-electron chi connectivity index (χ2n) is 13.2. The van der Waals surface area contributed by atoms with Crippen molar-refractivity contribution in [3.63, 3.8) is 0 Å². The van der Waals surface area contributed by atoms with Crippen molar-refractivity contribution in [2.45, 2.75) is 130 Å². The van der Waals surface area contributed by atoms with E-state index in [2.05, 4.69) is 58.0 Å². The fourth-order valence-corrected chi connectivity index (χ4v) is 6.37. The van der Waals surface area contributed by atoms with Crippen LogP contribution in [0.15, 0.2) is 48.5 Å². The van der Waals surface area contributed by atoms with Crippen molar-refractivity contribution in [3.05, 3.63) is 59.7 Å². The highest BCUT2D eigenvalue weighted by Crippen LogP contribution is 2.46. The van der Waals surface area contributed by atoms with Crippen molar-refractivity contribution in [3.8, 4) is 17.2 Å². The first kappa shape index (κ1) is 32.9. The number of hydrogen-bond donors (Lipinski definition) is 0. The monoisotopic (exact) mass is 557 g/mol. The summed E-state index contributed by atoms with van der Waals surface area (Å²) in [5.74, 6) is 1.65. The Labute approximate surface area is 251 Å². The molecular weight excluding hydrogens is 502 g/mol. The summed E-state index contributed by atoms with van der Waals surface area (Å²) in [4.78, 5) is 12.5. The molecule has 0 saturated heterocycles. The largest absolute Gasteiger partial charge is 0.462 e. The Morgan fingerprint density at radius 3 is 2.07 bits per heavy atom. The van der Waals surface area contributed by atoms with Crippen LogP contribution in [-0.4, -0.2) is 12.6 Å². The van der Waals surface area contributed by atoms with Crippen molar-refractivity contribution < 1.29 is 9.53 Å². The van der Waals surface area contributed by atoms with Crippen LogP contribution in [0.4, 0.5) is 0 Å². The number of unbranched alkanes of at least 4 members (excludes halogenated alkanes) is 5. The average Bonchev–Trinajstić information content (AvgIpc) is 2.99. The van der Waals surface area contributed by atoms with Gasteiger partial charge in [-0.05, 0) is 85.1 Å². The molecule has 3 nitrogen and oxygen atoms in total. The maximum absolute atomic E-state index is 12.5. The molecule has 0 spiro atoms. The molecule has 1 fully saturated rings. The summed E-state index contributed by atoms with van der Waals surface area (Å²) < 4.78 is 5.56. The first-order valence-corrected chi connectivity index (χ1v) is 16.6. The molecule has 0 unspecified atom stereocenters. The molecule has 1 saturated carbocycles. The highest BCUT2D eigenvalue weighted by Gasteiger charge is 2.35. The third-order valence-corrected chi connectivity index (χ3v) is 9.35. The maximum atomic E-state index is 12.5. The van der Waals surface area contributed by atoms with Crippen molar-refractivity contribution in [1.82, 2.24) is 0 Å². The molecule has 0 heterocycles. The average molecular weight is 558 g/mol. The number of esters is 1. The lowest BCUT2D eigenvalue weighted by Gasteiger charge is -2.35. The normalized spacial score (nSPS) is 19.6. The molecular formula is C38H55NO2. The molecule has 1 atom stereocenters. The topological polar surface area (TPSA) is 50.1 Å². The summed E-state index contributed by atoms with van der Waals surface area (Å²) >= 11 is 0.